The van der Waals surface area contributed by atoms with Crippen molar-refractivity contribution in [3.63, 3.8) is 0 Å². The van der Waals surface area contributed by atoms with Gasteiger partial charge in [-0.1, -0.05) is 13.8 Å². The maximum absolute atomic E-state index is 12.3. The Kier molecular flexibility index (Phi) is 5.14. The van der Waals surface area contributed by atoms with Crippen LogP contribution in [-0.2, 0) is 9.59 Å². The molecule has 1 amide bonds. The van der Waals surface area contributed by atoms with Crippen LogP contribution in [-0.4, -0.2) is 29.6 Å². The zero-order valence-corrected chi connectivity index (χ0v) is 11.2. The van der Waals surface area contributed by atoms with Crippen LogP contribution < -0.4 is 11.1 Å². The van der Waals surface area contributed by atoms with Crippen molar-refractivity contribution in [1.29, 1.82) is 0 Å². The van der Waals surface area contributed by atoms with E-state index < -0.39 is 11.4 Å². The first-order chi connectivity index (χ1) is 8.49. The Morgan fingerprint density at radius 3 is 2.33 bits per heavy atom. The Bertz CT molecular complexity index is 305. The molecule has 5 heteroatoms. The molecule has 104 valence electrons. The van der Waals surface area contributed by atoms with Crippen LogP contribution in [0.1, 0.15) is 46.0 Å². The van der Waals surface area contributed by atoms with Gasteiger partial charge in [0.2, 0.25) is 5.91 Å². The minimum atomic E-state index is -0.761. The molecular formula is C13H24N2O3. The minimum absolute atomic E-state index is 0.0115. The number of rotatable bonds is 6. The maximum atomic E-state index is 12.3. The fraction of sp³-hybridized carbons (Fsp3) is 0.846. The number of nitrogens with two attached hydrogens (primary N) is 1. The van der Waals surface area contributed by atoms with Crippen LogP contribution in [0, 0.1) is 11.3 Å². The molecular weight excluding hydrogens is 232 g/mol. The lowest BCUT2D eigenvalue weighted by Gasteiger charge is -2.30. The van der Waals surface area contributed by atoms with Crippen LogP contribution in [0.5, 0.6) is 0 Å². The number of amides is 1. The average molecular weight is 256 g/mol. The van der Waals surface area contributed by atoms with Gasteiger partial charge in [-0.2, -0.15) is 0 Å². The zero-order chi connectivity index (χ0) is 13.8. The van der Waals surface area contributed by atoms with E-state index in [1.54, 1.807) is 0 Å². The summed E-state index contributed by atoms with van der Waals surface area (Å²) in [6.07, 6.45) is 3.35. The summed E-state index contributed by atoms with van der Waals surface area (Å²) in [6.45, 7) is 4.26. The molecule has 0 aromatic heterocycles. The largest absolute Gasteiger partial charge is 0.481 e. The van der Waals surface area contributed by atoms with Crippen LogP contribution in [0.25, 0.3) is 0 Å². The summed E-state index contributed by atoms with van der Waals surface area (Å²) < 4.78 is 0. The van der Waals surface area contributed by atoms with Crippen molar-refractivity contribution in [3.8, 4) is 0 Å². The van der Waals surface area contributed by atoms with Crippen LogP contribution in [0.2, 0.25) is 0 Å². The summed E-state index contributed by atoms with van der Waals surface area (Å²) in [5, 5.41) is 11.9. The van der Waals surface area contributed by atoms with Gasteiger partial charge in [-0.25, -0.2) is 0 Å². The molecule has 18 heavy (non-hydrogen) atoms. The third-order valence-electron chi connectivity index (χ3n) is 4.34. The molecule has 1 aliphatic rings. The van der Waals surface area contributed by atoms with E-state index in [1.165, 1.54) is 0 Å². The van der Waals surface area contributed by atoms with Crippen LogP contribution >= 0.6 is 0 Å². The molecule has 0 bridgehead atoms. The second kappa shape index (κ2) is 6.18. The Morgan fingerprint density at radius 2 is 1.94 bits per heavy atom. The van der Waals surface area contributed by atoms with E-state index in [0.29, 0.717) is 32.2 Å². The smallest absolute Gasteiger partial charge is 0.306 e. The summed E-state index contributed by atoms with van der Waals surface area (Å²) in [5.41, 5.74) is 5.23. The SMILES string of the molecule is CCC(CC)(CN)C(=O)N[C@H]1CC[C@@H](C(=O)O)C1. The predicted octanol–water partition coefficient (Wildman–Crippen LogP) is 1.12. The van der Waals surface area contributed by atoms with Gasteiger partial charge in [0.15, 0.2) is 0 Å². The molecule has 0 aliphatic heterocycles. The van der Waals surface area contributed by atoms with Crippen molar-refractivity contribution in [1.82, 2.24) is 5.32 Å². The Labute approximate surface area is 108 Å². The van der Waals surface area contributed by atoms with Crippen LogP contribution in [0.3, 0.4) is 0 Å². The molecule has 0 aromatic rings. The average Bonchev–Trinajstić information content (AvgIpc) is 2.81. The number of hydrogen-bond acceptors (Lipinski definition) is 3. The quantitative estimate of drug-likeness (QED) is 0.664. The second-order valence-corrected chi connectivity index (χ2v) is 5.21. The van der Waals surface area contributed by atoms with Crippen molar-refractivity contribution in [2.24, 2.45) is 17.1 Å². The third kappa shape index (κ3) is 3.02. The fourth-order valence-corrected chi connectivity index (χ4v) is 2.63. The van der Waals surface area contributed by atoms with Crippen molar-refractivity contribution in [2.45, 2.75) is 52.0 Å². The maximum Gasteiger partial charge on any atom is 0.306 e. The standard InChI is InChI=1S/C13H24N2O3/c1-3-13(4-2,8-14)12(18)15-10-6-5-9(7-10)11(16)17/h9-10H,3-8,14H2,1-2H3,(H,15,18)(H,16,17)/t9-,10+/m1/s1. The molecule has 0 aromatic carbocycles. The highest BCUT2D eigenvalue weighted by Crippen LogP contribution is 2.29. The molecule has 0 spiro atoms. The van der Waals surface area contributed by atoms with Gasteiger partial charge in [0.05, 0.1) is 11.3 Å². The molecule has 0 radical (unpaired) electrons. The summed E-state index contributed by atoms with van der Waals surface area (Å²) in [4.78, 5) is 23.1. The van der Waals surface area contributed by atoms with E-state index in [0.717, 1.165) is 6.42 Å². The van der Waals surface area contributed by atoms with Gasteiger partial charge in [0, 0.05) is 12.6 Å². The molecule has 0 saturated heterocycles. The van der Waals surface area contributed by atoms with Gasteiger partial charge >= 0.3 is 5.97 Å². The molecule has 4 N–H and O–H groups in total. The van der Waals surface area contributed by atoms with Crippen LogP contribution in [0.15, 0.2) is 0 Å². The number of nitrogens with one attached hydrogen (secondary N) is 1. The number of carbonyl (C=O) groups is 2. The van der Waals surface area contributed by atoms with E-state index in [2.05, 4.69) is 5.32 Å². The first-order valence-electron chi connectivity index (χ1n) is 6.73. The van der Waals surface area contributed by atoms with Gasteiger partial charge in [-0.05, 0) is 32.1 Å². The summed E-state index contributed by atoms with van der Waals surface area (Å²) >= 11 is 0. The lowest BCUT2D eigenvalue weighted by molar-refractivity contribution is -0.141. The first kappa shape index (κ1) is 15.0. The highest BCUT2D eigenvalue weighted by atomic mass is 16.4. The van der Waals surface area contributed by atoms with E-state index in [4.69, 9.17) is 10.8 Å². The molecule has 1 rings (SSSR count). The summed E-state index contributed by atoms with van der Waals surface area (Å²) in [6, 6.07) is -0.0115. The van der Waals surface area contributed by atoms with E-state index in [-0.39, 0.29) is 17.9 Å². The highest BCUT2D eigenvalue weighted by molar-refractivity contribution is 5.83. The second-order valence-electron chi connectivity index (χ2n) is 5.21. The number of carboxylic acids is 1. The minimum Gasteiger partial charge on any atom is -0.481 e. The Balaban J connectivity index is 2.58. The van der Waals surface area contributed by atoms with Gasteiger partial charge in [-0.3, -0.25) is 9.59 Å². The van der Waals surface area contributed by atoms with Crippen molar-refractivity contribution >= 4 is 11.9 Å². The molecule has 0 heterocycles. The normalized spacial score (nSPS) is 23.9. The first-order valence-corrected chi connectivity index (χ1v) is 6.73. The number of carboxylic acid groups (broad SMARTS) is 1. The lowest BCUT2D eigenvalue weighted by atomic mass is 9.81. The molecule has 1 saturated carbocycles. The van der Waals surface area contributed by atoms with Crippen molar-refractivity contribution < 1.29 is 14.7 Å². The number of hydrogen-bond donors (Lipinski definition) is 3. The third-order valence-corrected chi connectivity index (χ3v) is 4.34. The van der Waals surface area contributed by atoms with E-state index in [1.807, 2.05) is 13.8 Å². The van der Waals surface area contributed by atoms with Gasteiger partial charge in [-0.15, -0.1) is 0 Å². The van der Waals surface area contributed by atoms with Crippen molar-refractivity contribution in [3.05, 3.63) is 0 Å². The summed E-state index contributed by atoms with van der Waals surface area (Å²) in [7, 11) is 0. The summed E-state index contributed by atoms with van der Waals surface area (Å²) in [5.74, 6) is -1.10. The van der Waals surface area contributed by atoms with Crippen LogP contribution in [0.4, 0.5) is 0 Å². The van der Waals surface area contributed by atoms with Crippen molar-refractivity contribution in [2.75, 3.05) is 6.54 Å². The van der Waals surface area contributed by atoms with Gasteiger partial charge in [0.25, 0.3) is 0 Å². The molecule has 0 unspecified atom stereocenters. The van der Waals surface area contributed by atoms with Gasteiger partial charge < -0.3 is 16.2 Å². The molecule has 5 nitrogen and oxygen atoms in total. The number of aliphatic carboxylic acids is 1. The Hall–Kier alpha value is -1.10. The molecule has 1 aliphatic carbocycles. The molecule has 1 fully saturated rings. The monoisotopic (exact) mass is 256 g/mol. The predicted molar refractivity (Wildman–Crippen MR) is 69.0 cm³/mol. The molecule has 2 atom stereocenters. The lowest BCUT2D eigenvalue weighted by Crippen LogP contribution is -2.48. The fourth-order valence-electron chi connectivity index (χ4n) is 2.63. The number of carbonyl (C=O) groups excluding carboxylic acids is 1. The van der Waals surface area contributed by atoms with E-state index >= 15 is 0 Å². The highest BCUT2D eigenvalue weighted by Gasteiger charge is 2.37. The topological polar surface area (TPSA) is 92.4 Å². The zero-order valence-electron chi connectivity index (χ0n) is 11.2. The van der Waals surface area contributed by atoms with E-state index in [9.17, 15) is 9.59 Å². The van der Waals surface area contributed by atoms with Gasteiger partial charge in [0.1, 0.15) is 0 Å². The Morgan fingerprint density at radius 1 is 1.33 bits per heavy atom.